The smallest absolute Gasteiger partial charge is 0.188 e. The van der Waals surface area contributed by atoms with Gasteiger partial charge in [0.1, 0.15) is 11.2 Å². The van der Waals surface area contributed by atoms with Gasteiger partial charge in [-0.3, -0.25) is 4.79 Å². The van der Waals surface area contributed by atoms with Crippen molar-refractivity contribution in [3.05, 3.63) is 58.7 Å². The molecule has 176 valence electrons. The first-order valence-corrected chi connectivity index (χ1v) is 12.4. The van der Waals surface area contributed by atoms with E-state index in [1.165, 1.54) is 16.7 Å². The Kier molecular flexibility index (Phi) is 4.53. The number of allylic oxidation sites excluding steroid dienone is 1. The highest BCUT2D eigenvalue weighted by Gasteiger charge is 2.75. The van der Waals surface area contributed by atoms with Gasteiger partial charge < -0.3 is 19.7 Å². The molecule has 6 rings (SSSR count). The van der Waals surface area contributed by atoms with Gasteiger partial charge in [-0.1, -0.05) is 37.3 Å². The molecule has 5 nitrogen and oxygen atoms in total. The molecular formula is C28H34O5. The number of carbonyl (C=O) groups excluding carboxylic acids is 1. The van der Waals surface area contributed by atoms with Crippen LogP contribution in [0.15, 0.2) is 42.0 Å². The second-order valence-electron chi connectivity index (χ2n) is 11.4. The molecule has 0 amide bonds. The number of benzene rings is 1. The molecule has 0 unspecified atom stereocenters. The van der Waals surface area contributed by atoms with Crippen molar-refractivity contribution in [2.75, 3.05) is 0 Å². The number of aliphatic hydroxyl groups excluding tert-OH is 1. The summed E-state index contributed by atoms with van der Waals surface area (Å²) in [5, 5.41) is 20.7. The summed E-state index contributed by atoms with van der Waals surface area (Å²) in [5.41, 5.74) is 2.58. The average molecular weight is 451 g/mol. The van der Waals surface area contributed by atoms with Gasteiger partial charge in [-0.2, -0.15) is 0 Å². The first kappa shape index (κ1) is 21.7. The molecule has 1 saturated carbocycles. The van der Waals surface area contributed by atoms with E-state index in [2.05, 4.69) is 32.0 Å². The lowest BCUT2D eigenvalue weighted by Gasteiger charge is -2.51. The highest BCUT2D eigenvalue weighted by molar-refractivity contribution is 5.98. The zero-order valence-corrected chi connectivity index (χ0v) is 19.9. The zero-order chi connectivity index (χ0) is 23.3. The standard InChI is InChI=1S/C28H34O5/c1-15-12-22(32-25(30)27(15,4)31)16(2)17-7-9-19-18(13-17)8-10-21-20(19)14-24-28(33-24)11-5-6-23(29)26(21,28)3/h5-7,9,12-13,16,20-22,24-25,30-31H,8,10-11,14H2,1-4H3/t16-,20-,21-,22+,24-,25-,26-,27+,28-/m0/s1. The Morgan fingerprint density at radius 1 is 1.24 bits per heavy atom. The van der Waals surface area contributed by atoms with Crippen molar-refractivity contribution in [2.24, 2.45) is 11.3 Å². The molecule has 0 aromatic heterocycles. The van der Waals surface area contributed by atoms with E-state index in [1.807, 2.05) is 19.1 Å². The van der Waals surface area contributed by atoms with Gasteiger partial charge in [-0.25, -0.2) is 0 Å². The molecule has 5 heteroatoms. The van der Waals surface area contributed by atoms with Gasteiger partial charge in [0.25, 0.3) is 0 Å². The van der Waals surface area contributed by atoms with Crippen LogP contribution in [0.3, 0.4) is 0 Å². The monoisotopic (exact) mass is 450 g/mol. The van der Waals surface area contributed by atoms with Gasteiger partial charge in [0.05, 0.1) is 17.6 Å². The van der Waals surface area contributed by atoms with Crippen LogP contribution in [0.2, 0.25) is 0 Å². The maximum absolute atomic E-state index is 13.1. The number of ketones is 1. The molecule has 9 atom stereocenters. The normalized spacial score (nSPS) is 46.4. The second-order valence-corrected chi connectivity index (χ2v) is 11.4. The lowest BCUT2D eigenvalue weighted by atomic mass is 9.49. The van der Waals surface area contributed by atoms with E-state index < -0.39 is 17.3 Å². The predicted octanol–water partition coefficient (Wildman–Crippen LogP) is 3.93. The van der Waals surface area contributed by atoms with Crippen molar-refractivity contribution in [3.63, 3.8) is 0 Å². The molecular weight excluding hydrogens is 416 g/mol. The van der Waals surface area contributed by atoms with Crippen molar-refractivity contribution < 1.29 is 24.5 Å². The summed E-state index contributed by atoms with van der Waals surface area (Å²) in [4.78, 5) is 13.1. The van der Waals surface area contributed by atoms with Gasteiger partial charge in [-0.15, -0.1) is 0 Å². The number of fused-ring (bicyclic) bond motifs is 4. The Bertz CT molecular complexity index is 1090. The molecule has 0 radical (unpaired) electrons. The molecule has 2 fully saturated rings. The van der Waals surface area contributed by atoms with Crippen molar-refractivity contribution in [1.29, 1.82) is 0 Å². The summed E-state index contributed by atoms with van der Waals surface area (Å²) in [6.45, 7) is 7.68. The van der Waals surface area contributed by atoms with Crippen LogP contribution in [0.4, 0.5) is 0 Å². The number of carbonyl (C=O) groups is 1. The largest absolute Gasteiger partial charge is 0.380 e. The molecule has 1 aromatic carbocycles. The minimum atomic E-state index is -1.36. The van der Waals surface area contributed by atoms with E-state index in [0.717, 1.165) is 31.3 Å². The number of aliphatic hydroxyl groups is 2. The third-order valence-corrected chi connectivity index (χ3v) is 9.88. The van der Waals surface area contributed by atoms with Crippen LogP contribution in [0.25, 0.3) is 0 Å². The van der Waals surface area contributed by atoms with Crippen LogP contribution in [-0.2, 0) is 20.7 Å². The summed E-state index contributed by atoms with van der Waals surface area (Å²) < 4.78 is 12.1. The molecule has 1 saturated heterocycles. The van der Waals surface area contributed by atoms with Gasteiger partial charge in [-0.05, 0) is 86.6 Å². The Morgan fingerprint density at radius 3 is 2.79 bits per heavy atom. The number of ether oxygens (including phenoxy) is 2. The van der Waals surface area contributed by atoms with Gasteiger partial charge >= 0.3 is 0 Å². The average Bonchev–Trinajstić information content (AvgIpc) is 3.50. The zero-order valence-electron chi connectivity index (χ0n) is 19.9. The SMILES string of the molecule is CC1=C[C@H]([C@@H](C)c2ccc3c(c2)CC[C@H]2[C@H]3C[C@@H]3O[C@@]34CC=CC(=O)[C@]24C)O[C@H](O)[C@]1(C)O. The summed E-state index contributed by atoms with van der Waals surface area (Å²) in [5.74, 6) is 0.950. The van der Waals surface area contributed by atoms with E-state index in [-0.39, 0.29) is 29.5 Å². The number of epoxide rings is 1. The van der Waals surface area contributed by atoms with Crippen LogP contribution in [0, 0.1) is 11.3 Å². The van der Waals surface area contributed by atoms with Gasteiger partial charge in [0.2, 0.25) is 0 Å². The quantitative estimate of drug-likeness (QED) is 0.527. The third-order valence-electron chi connectivity index (χ3n) is 9.88. The van der Waals surface area contributed by atoms with E-state index >= 15 is 0 Å². The van der Waals surface area contributed by atoms with Crippen molar-refractivity contribution in [2.45, 2.75) is 94.9 Å². The van der Waals surface area contributed by atoms with Crippen molar-refractivity contribution in [1.82, 2.24) is 0 Å². The Balaban J connectivity index is 1.30. The lowest BCUT2D eigenvalue weighted by molar-refractivity contribution is -0.217. The van der Waals surface area contributed by atoms with Gasteiger partial charge in [0.15, 0.2) is 12.1 Å². The Hall–Kier alpha value is -1.79. The number of aryl methyl sites for hydroxylation is 1. The maximum Gasteiger partial charge on any atom is 0.188 e. The fourth-order valence-electron chi connectivity index (χ4n) is 7.34. The fraction of sp³-hybridized carbons (Fsp3) is 0.607. The van der Waals surface area contributed by atoms with Gasteiger partial charge in [0, 0.05) is 5.92 Å². The maximum atomic E-state index is 13.1. The summed E-state index contributed by atoms with van der Waals surface area (Å²) in [7, 11) is 0. The van der Waals surface area contributed by atoms with Crippen LogP contribution in [-0.4, -0.2) is 45.7 Å². The molecule has 2 heterocycles. The summed E-state index contributed by atoms with van der Waals surface area (Å²) in [6.07, 6.45) is 8.20. The van der Waals surface area contributed by atoms with E-state index in [4.69, 9.17) is 9.47 Å². The summed E-state index contributed by atoms with van der Waals surface area (Å²) >= 11 is 0. The molecule has 5 aliphatic rings. The number of rotatable bonds is 2. The molecule has 1 aromatic rings. The fourth-order valence-corrected chi connectivity index (χ4v) is 7.34. The van der Waals surface area contributed by atoms with Crippen LogP contribution in [0.1, 0.15) is 75.5 Å². The van der Waals surface area contributed by atoms with Crippen LogP contribution in [0.5, 0.6) is 0 Å². The third kappa shape index (κ3) is 2.77. The second kappa shape index (κ2) is 6.88. The highest BCUT2D eigenvalue weighted by atomic mass is 16.6. The molecule has 33 heavy (non-hydrogen) atoms. The first-order chi connectivity index (χ1) is 15.6. The minimum absolute atomic E-state index is 0.0436. The van der Waals surface area contributed by atoms with E-state index in [9.17, 15) is 15.0 Å². The molecule has 2 aliphatic heterocycles. The van der Waals surface area contributed by atoms with Crippen molar-refractivity contribution >= 4 is 5.78 Å². The Morgan fingerprint density at radius 2 is 2.03 bits per heavy atom. The minimum Gasteiger partial charge on any atom is -0.380 e. The van der Waals surface area contributed by atoms with Crippen LogP contribution < -0.4 is 0 Å². The highest BCUT2D eigenvalue weighted by Crippen LogP contribution is 2.69. The Labute approximate surface area is 195 Å². The topological polar surface area (TPSA) is 79.3 Å². The molecule has 3 aliphatic carbocycles. The molecule has 1 spiro atoms. The first-order valence-electron chi connectivity index (χ1n) is 12.4. The van der Waals surface area contributed by atoms with Crippen LogP contribution >= 0.6 is 0 Å². The van der Waals surface area contributed by atoms with E-state index in [0.29, 0.717) is 11.8 Å². The van der Waals surface area contributed by atoms with E-state index in [1.54, 1.807) is 13.0 Å². The summed E-state index contributed by atoms with van der Waals surface area (Å²) in [6, 6.07) is 6.73. The molecule has 2 N–H and O–H groups in total. The van der Waals surface area contributed by atoms with Crippen molar-refractivity contribution in [3.8, 4) is 0 Å². The lowest BCUT2D eigenvalue weighted by Crippen LogP contribution is -2.56. The number of hydrogen-bond donors (Lipinski definition) is 2. The number of hydrogen-bond acceptors (Lipinski definition) is 5. The predicted molar refractivity (Wildman–Crippen MR) is 124 cm³/mol. The molecule has 0 bridgehead atoms.